The molecule has 2 N–H and O–H groups in total. The number of carbonyl (C=O) groups excluding carboxylic acids is 1. The number of aromatic nitrogens is 2. The maximum Gasteiger partial charge on any atom is 0.289 e. The summed E-state index contributed by atoms with van der Waals surface area (Å²) in [6.07, 6.45) is 4.07. The van der Waals surface area contributed by atoms with Gasteiger partial charge in [0.25, 0.3) is 5.69 Å². The Bertz CT molecular complexity index is 2050. The highest BCUT2D eigenvalue weighted by Crippen LogP contribution is 2.44. The zero-order valence-corrected chi connectivity index (χ0v) is 27.3. The van der Waals surface area contributed by atoms with E-state index in [0.29, 0.717) is 45.8 Å². The minimum Gasteiger partial charge on any atom is -0.364 e. The van der Waals surface area contributed by atoms with E-state index in [1.165, 1.54) is 28.6 Å². The second-order valence-corrected chi connectivity index (χ2v) is 14.3. The van der Waals surface area contributed by atoms with Gasteiger partial charge in [0, 0.05) is 74.7 Å². The van der Waals surface area contributed by atoms with Gasteiger partial charge in [-0.25, -0.2) is 8.42 Å². The maximum atomic E-state index is 14.4. The van der Waals surface area contributed by atoms with Gasteiger partial charge in [-0.15, -0.1) is 0 Å². The number of carbonyl (C=O) groups is 1. The van der Waals surface area contributed by atoms with Gasteiger partial charge in [-0.05, 0) is 53.0 Å². The Morgan fingerprint density at radius 3 is 2.34 bits per heavy atom. The molecule has 0 unspecified atom stereocenters. The SMILES string of the molecule is O=C(c1c(-c2c(Cl)cc(Cl)cc2Cl)c[nH]c1C1CCN(S(=O)(=O)c2ccccc2[N+](=O)[O-])CC1)c1c[nH]c2c(Br)cccc12. The lowest BCUT2D eigenvalue weighted by molar-refractivity contribution is -0.387. The first-order valence-electron chi connectivity index (χ1n) is 13.4. The first kappa shape index (κ1) is 30.8. The number of aromatic amines is 2. The van der Waals surface area contributed by atoms with Crippen LogP contribution >= 0.6 is 50.7 Å². The maximum absolute atomic E-state index is 14.4. The van der Waals surface area contributed by atoms with Crippen molar-refractivity contribution in [3.63, 3.8) is 0 Å². The summed E-state index contributed by atoms with van der Waals surface area (Å²) in [6, 6.07) is 14.0. The number of nitrogens with zero attached hydrogens (tertiary/aromatic N) is 2. The third-order valence-corrected chi connectivity index (χ3v) is 11.3. The largest absolute Gasteiger partial charge is 0.364 e. The van der Waals surface area contributed by atoms with Crippen LogP contribution in [0.1, 0.15) is 40.4 Å². The second kappa shape index (κ2) is 12.0. The molecule has 14 heteroatoms. The fourth-order valence-corrected chi connectivity index (χ4v) is 8.92. The highest BCUT2D eigenvalue weighted by molar-refractivity contribution is 9.10. The quantitative estimate of drug-likeness (QED) is 0.0983. The fourth-order valence-electron chi connectivity index (χ4n) is 5.79. The van der Waals surface area contributed by atoms with Gasteiger partial charge in [0.05, 0.1) is 26.0 Å². The number of piperidine rings is 1. The topological polar surface area (TPSA) is 129 Å². The molecule has 2 aromatic heterocycles. The predicted molar refractivity (Wildman–Crippen MR) is 175 cm³/mol. The van der Waals surface area contributed by atoms with Gasteiger partial charge in [-0.3, -0.25) is 14.9 Å². The Kier molecular flexibility index (Phi) is 8.38. The number of hydrogen-bond donors (Lipinski definition) is 2. The van der Waals surface area contributed by atoms with Crippen molar-refractivity contribution < 1.29 is 18.1 Å². The van der Waals surface area contributed by atoms with Gasteiger partial charge in [-0.2, -0.15) is 4.31 Å². The molecule has 1 aliphatic heterocycles. The standard InChI is InChI=1S/C30H22BrCl3N4O5S/c31-21-5-3-4-18-19(14-36-29(18)21)30(39)27-20(26-22(33)12-17(32)13-23(26)34)15-35-28(27)16-8-10-37(11-9-16)44(42,43)25-7-2-1-6-24(25)38(40)41/h1-7,12-16,35-36H,8-11H2. The summed E-state index contributed by atoms with van der Waals surface area (Å²) in [4.78, 5) is 31.3. The van der Waals surface area contributed by atoms with Crippen LogP contribution in [0.2, 0.25) is 15.1 Å². The minimum atomic E-state index is -4.13. The van der Waals surface area contributed by atoms with E-state index in [1.807, 2.05) is 18.2 Å². The number of rotatable bonds is 7. The van der Waals surface area contributed by atoms with E-state index in [0.717, 1.165) is 15.4 Å². The van der Waals surface area contributed by atoms with Crippen molar-refractivity contribution in [2.75, 3.05) is 13.1 Å². The number of para-hydroxylation sites is 2. The molecule has 6 rings (SSSR count). The zero-order valence-electron chi connectivity index (χ0n) is 22.6. The molecule has 1 fully saturated rings. The van der Waals surface area contributed by atoms with E-state index >= 15 is 0 Å². The van der Waals surface area contributed by atoms with Crippen molar-refractivity contribution >= 4 is 83.1 Å². The van der Waals surface area contributed by atoms with Crippen LogP contribution < -0.4 is 0 Å². The number of H-pyrrole nitrogens is 2. The Morgan fingerprint density at radius 1 is 0.977 bits per heavy atom. The zero-order chi connectivity index (χ0) is 31.3. The monoisotopic (exact) mass is 734 g/mol. The van der Waals surface area contributed by atoms with Gasteiger partial charge in [-0.1, -0.05) is 59.1 Å². The molecule has 0 radical (unpaired) electrons. The number of nitro benzene ring substituents is 1. The first-order chi connectivity index (χ1) is 21.0. The lowest BCUT2D eigenvalue weighted by atomic mass is 9.87. The molecular formula is C30H22BrCl3N4O5S. The second-order valence-electron chi connectivity index (χ2n) is 10.3. The lowest BCUT2D eigenvalue weighted by Crippen LogP contribution is -2.38. The summed E-state index contributed by atoms with van der Waals surface area (Å²) in [7, 11) is -4.13. The van der Waals surface area contributed by atoms with Crippen LogP contribution in [-0.2, 0) is 10.0 Å². The molecule has 0 amide bonds. The van der Waals surface area contributed by atoms with E-state index in [-0.39, 0.29) is 39.7 Å². The average Bonchev–Trinajstić information content (AvgIpc) is 3.62. The molecule has 44 heavy (non-hydrogen) atoms. The smallest absolute Gasteiger partial charge is 0.289 e. The van der Waals surface area contributed by atoms with Crippen LogP contribution in [0, 0.1) is 10.1 Å². The van der Waals surface area contributed by atoms with E-state index < -0.39 is 20.6 Å². The number of halogens is 4. The van der Waals surface area contributed by atoms with Gasteiger partial charge >= 0.3 is 0 Å². The molecule has 0 aliphatic carbocycles. The first-order valence-corrected chi connectivity index (χ1v) is 16.8. The molecular weight excluding hydrogens is 715 g/mol. The van der Waals surface area contributed by atoms with Crippen molar-refractivity contribution in [1.82, 2.24) is 14.3 Å². The minimum absolute atomic E-state index is 0.101. The number of benzene rings is 3. The summed E-state index contributed by atoms with van der Waals surface area (Å²) < 4.78 is 28.9. The molecule has 9 nitrogen and oxygen atoms in total. The molecule has 0 bridgehead atoms. The Balaban J connectivity index is 1.40. The number of nitro groups is 1. The molecule has 5 aromatic rings. The van der Waals surface area contributed by atoms with E-state index in [1.54, 1.807) is 24.5 Å². The molecule has 1 aliphatic rings. The van der Waals surface area contributed by atoms with Crippen LogP contribution in [-0.4, -0.2) is 46.5 Å². The van der Waals surface area contributed by atoms with Gasteiger partial charge in [0.2, 0.25) is 10.0 Å². The number of nitrogens with one attached hydrogen (secondary N) is 2. The summed E-state index contributed by atoms with van der Waals surface area (Å²) in [5, 5.41) is 13.1. The van der Waals surface area contributed by atoms with Crippen molar-refractivity contribution in [2.24, 2.45) is 0 Å². The van der Waals surface area contributed by atoms with E-state index in [2.05, 4.69) is 25.9 Å². The van der Waals surface area contributed by atoms with E-state index in [9.17, 15) is 23.3 Å². The van der Waals surface area contributed by atoms with Crippen molar-refractivity contribution in [3.8, 4) is 11.1 Å². The van der Waals surface area contributed by atoms with Crippen LogP contribution in [0.5, 0.6) is 0 Å². The average molecular weight is 737 g/mol. The normalized spacial score (nSPS) is 14.7. The van der Waals surface area contributed by atoms with E-state index in [4.69, 9.17) is 34.8 Å². The summed E-state index contributed by atoms with van der Waals surface area (Å²) in [5.74, 6) is -0.501. The van der Waals surface area contributed by atoms with Gasteiger partial charge in [0.15, 0.2) is 10.7 Å². The molecule has 3 aromatic carbocycles. The lowest BCUT2D eigenvalue weighted by Gasteiger charge is -2.31. The molecule has 0 saturated carbocycles. The van der Waals surface area contributed by atoms with Crippen LogP contribution in [0.4, 0.5) is 5.69 Å². The highest BCUT2D eigenvalue weighted by atomic mass is 79.9. The Hall–Kier alpha value is -3.19. The third kappa shape index (κ3) is 5.35. The summed E-state index contributed by atoms with van der Waals surface area (Å²) in [6.45, 7) is 0.201. The third-order valence-electron chi connectivity index (χ3n) is 7.87. The number of sulfonamides is 1. The summed E-state index contributed by atoms with van der Waals surface area (Å²) in [5.41, 5.74) is 2.68. The van der Waals surface area contributed by atoms with Crippen LogP contribution in [0.25, 0.3) is 22.0 Å². The van der Waals surface area contributed by atoms with Crippen molar-refractivity contribution in [2.45, 2.75) is 23.7 Å². The number of hydrogen-bond acceptors (Lipinski definition) is 5. The molecule has 1 saturated heterocycles. The van der Waals surface area contributed by atoms with Crippen molar-refractivity contribution in [1.29, 1.82) is 0 Å². The van der Waals surface area contributed by atoms with Crippen molar-refractivity contribution in [3.05, 3.63) is 113 Å². The Labute approximate surface area is 275 Å². The number of ketones is 1. The molecule has 0 atom stereocenters. The number of fused-ring (bicyclic) bond motifs is 1. The summed E-state index contributed by atoms with van der Waals surface area (Å²) >= 11 is 22.9. The molecule has 0 spiro atoms. The van der Waals surface area contributed by atoms with Gasteiger partial charge in [0.1, 0.15) is 0 Å². The Morgan fingerprint density at radius 2 is 1.66 bits per heavy atom. The van der Waals surface area contributed by atoms with Crippen LogP contribution in [0.3, 0.4) is 0 Å². The van der Waals surface area contributed by atoms with Crippen LogP contribution in [0.15, 0.2) is 76.4 Å². The molecule has 3 heterocycles. The van der Waals surface area contributed by atoms with Gasteiger partial charge < -0.3 is 9.97 Å². The fraction of sp³-hybridized carbons (Fsp3) is 0.167. The predicted octanol–water partition coefficient (Wildman–Crippen LogP) is 8.59. The molecule has 226 valence electrons. The highest BCUT2D eigenvalue weighted by Gasteiger charge is 2.36.